The zero-order valence-corrected chi connectivity index (χ0v) is 14.7. The van der Waals surface area contributed by atoms with Crippen LogP contribution in [0.5, 0.6) is 11.5 Å². The van der Waals surface area contributed by atoms with Gasteiger partial charge in [0.25, 0.3) is 10.0 Å². The van der Waals surface area contributed by atoms with Gasteiger partial charge in [0.2, 0.25) is 0 Å². The highest BCUT2D eigenvalue weighted by Gasteiger charge is 2.31. The third-order valence-corrected chi connectivity index (χ3v) is 5.36. The third-order valence-electron chi connectivity index (χ3n) is 3.78. The summed E-state index contributed by atoms with van der Waals surface area (Å²) in [6.07, 6.45) is -4.61. The molecule has 0 fully saturated rings. The van der Waals surface area contributed by atoms with E-state index >= 15 is 0 Å². The Morgan fingerprint density at radius 3 is 2.07 bits per heavy atom. The van der Waals surface area contributed by atoms with Crippen LogP contribution in [0.3, 0.4) is 0 Å². The average Bonchev–Trinajstić information content (AvgIpc) is 2.96. The second-order valence-electron chi connectivity index (χ2n) is 5.36. The predicted molar refractivity (Wildman–Crippen MR) is 87.6 cm³/mol. The van der Waals surface area contributed by atoms with Crippen molar-refractivity contribution in [3.05, 3.63) is 52.4 Å². The van der Waals surface area contributed by atoms with Crippen molar-refractivity contribution in [2.45, 2.75) is 11.1 Å². The van der Waals surface area contributed by atoms with Gasteiger partial charge in [-0.25, -0.2) is 4.79 Å². The van der Waals surface area contributed by atoms with Crippen molar-refractivity contribution in [1.82, 2.24) is 4.15 Å². The van der Waals surface area contributed by atoms with Crippen molar-refractivity contribution in [3.63, 3.8) is 0 Å². The number of hydrogen-bond donors (Lipinski definition) is 0. The van der Waals surface area contributed by atoms with E-state index in [1.165, 1.54) is 26.4 Å². The van der Waals surface area contributed by atoms with Gasteiger partial charge in [-0.2, -0.15) is 21.6 Å². The Morgan fingerprint density at radius 1 is 1.00 bits per heavy atom. The van der Waals surface area contributed by atoms with Crippen LogP contribution in [0.2, 0.25) is 0 Å². The summed E-state index contributed by atoms with van der Waals surface area (Å²) in [5, 5.41) is -0.0943. The number of alkyl halides is 3. The topological polar surface area (TPSA) is 87.7 Å². The lowest BCUT2D eigenvalue weighted by Crippen LogP contribution is -2.13. The zero-order valence-electron chi connectivity index (χ0n) is 13.9. The first-order valence-electron chi connectivity index (χ1n) is 7.30. The molecule has 144 valence electrons. The van der Waals surface area contributed by atoms with Gasteiger partial charge >= 0.3 is 11.8 Å². The standard InChI is InChI=1S/C16H12F3NO6S/c1-24-13-7-11-12(8-14(13)25-2)20(26-15(11)21)27(22,23)10-5-3-9(4-6-10)16(17,18)19/h3-8H,1-2H3. The fraction of sp³-hybridized carbons (Fsp3) is 0.188. The van der Waals surface area contributed by atoms with Crippen LogP contribution in [0.15, 0.2) is 50.6 Å². The SMILES string of the molecule is COc1cc2c(=O)on(S(=O)(=O)c3ccc(C(F)(F)F)cc3)c2cc1OC. The Labute approximate surface area is 150 Å². The van der Waals surface area contributed by atoms with Crippen LogP contribution in [0.4, 0.5) is 13.2 Å². The largest absolute Gasteiger partial charge is 0.493 e. The van der Waals surface area contributed by atoms with E-state index in [9.17, 15) is 26.4 Å². The maximum absolute atomic E-state index is 12.8. The zero-order chi connectivity index (χ0) is 20.0. The Bertz CT molecular complexity index is 1160. The number of methoxy groups -OCH3 is 2. The number of benzene rings is 2. The van der Waals surface area contributed by atoms with E-state index in [-0.39, 0.29) is 22.4 Å². The lowest BCUT2D eigenvalue weighted by Gasteiger charge is -2.10. The van der Waals surface area contributed by atoms with E-state index in [0.717, 1.165) is 12.1 Å². The molecule has 0 radical (unpaired) electrons. The highest BCUT2D eigenvalue weighted by molar-refractivity contribution is 7.90. The molecule has 27 heavy (non-hydrogen) atoms. The van der Waals surface area contributed by atoms with Crippen LogP contribution in [0.1, 0.15) is 5.56 Å². The molecule has 0 aliphatic carbocycles. The lowest BCUT2D eigenvalue weighted by molar-refractivity contribution is -0.137. The first kappa shape index (κ1) is 18.8. The molecule has 3 aromatic rings. The van der Waals surface area contributed by atoms with Crippen molar-refractivity contribution in [2.24, 2.45) is 0 Å². The van der Waals surface area contributed by atoms with Gasteiger partial charge in [-0.05, 0) is 24.3 Å². The molecule has 7 nitrogen and oxygen atoms in total. The van der Waals surface area contributed by atoms with Gasteiger partial charge in [-0.15, -0.1) is 0 Å². The average molecular weight is 403 g/mol. The van der Waals surface area contributed by atoms with Gasteiger partial charge < -0.3 is 14.0 Å². The van der Waals surface area contributed by atoms with Crippen molar-refractivity contribution < 1.29 is 35.6 Å². The number of fused-ring (bicyclic) bond motifs is 1. The number of hydrogen-bond acceptors (Lipinski definition) is 6. The van der Waals surface area contributed by atoms with Crippen molar-refractivity contribution in [2.75, 3.05) is 14.2 Å². The van der Waals surface area contributed by atoms with Crippen LogP contribution in [0, 0.1) is 0 Å². The molecule has 0 spiro atoms. The van der Waals surface area contributed by atoms with E-state index in [0.29, 0.717) is 16.3 Å². The number of aromatic nitrogens is 1. The molecule has 0 unspecified atom stereocenters. The molecule has 0 atom stereocenters. The fourth-order valence-electron chi connectivity index (χ4n) is 2.45. The first-order valence-corrected chi connectivity index (χ1v) is 8.74. The smallest absolute Gasteiger partial charge is 0.416 e. The van der Waals surface area contributed by atoms with Crippen molar-refractivity contribution in [1.29, 1.82) is 0 Å². The minimum Gasteiger partial charge on any atom is -0.493 e. The summed E-state index contributed by atoms with van der Waals surface area (Å²) < 4.78 is 78.8. The maximum Gasteiger partial charge on any atom is 0.416 e. The molecule has 0 saturated heterocycles. The number of nitrogens with zero attached hydrogens (tertiary/aromatic N) is 1. The van der Waals surface area contributed by atoms with Gasteiger partial charge in [0.15, 0.2) is 11.5 Å². The summed E-state index contributed by atoms with van der Waals surface area (Å²) in [5.41, 5.74) is -2.11. The van der Waals surface area contributed by atoms with Gasteiger partial charge in [0.1, 0.15) is 5.52 Å². The summed E-state index contributed by atoms with van der Waals surface area (Å²) in [4.78, 5) is 11.6. The Kier molecular flexibility index (Phi) is 4.42. The molecule has 1 aromatic heterocycles. The molecule has 2 aromatic carbocycles. The summed E-state index contributed by atoms with van der Waals surface area (Å²) in [7, 11) is -1.81. The normalized spacial score (nSPS) is 12.3. The van der Waals surface area contributed by atoms with Crippen LogP contribution in [0.25, 0.3) is 10.9 Å². The minimum absolute atomic E-state index is 0.0943. The lowest BCUT2D eigenvalue weighted by atomic mass is 10.2. The maximum atomic E-state index is 12.8. The van der Waals surface area contributed by atoms with E-state index < -0.39 is 32.3 Å². The molecule has 0 aliphatic rings. The monoisotopic (exact) mass is 403 g/mol. The van der Waals surface area contributed by atoms with Crippen molar-refractivity contribution in [3.8, 4) is 11.5 Å². The van der Waals surface area contributed by atoms with Crippen LogP contribution in [-0.4, -0.2) is 26.8 Å². The van der Waals surface area contributed by atoms with Gasteiger partial charge in [-0.3, -0.25) is 0 Å². The van der Waals surface area contributed by atoms with E-state index in [1.807, 2.05) is 0 Å². The van der Waals surface area contributed by atoms with Crippen LogP contribution in [-0.2, 0) is 16.2 Å². The van der Waals surface area contributed by atoms with Gasteiger partial charge in [0, 0.05) is 12.1 Å². The molecule has 3 rings (SSSR count). The molecule has 0 N–H and O–H groups in total. The fourth-order valence-corrected chi connectivity index (χ4v) is 3.69. The van der Waals surface area contributed by atoms with Gasteiger partial charge in [0.05, 0.1) is 30.1 Å². The number of ether oxygens (including phenoxy) is 2. The summed E-state index contributed by atoms with van der Waals surface area (Å²) in [6, 6.07) is 5.29. The molecule has 0 amide bonds. The van der Waals surface area contributed by atoms with Crippen molar-refractivity contribution >= 4 is 20.9 Å². The third kappa shape index (κ3) is 3.14. The van der Waals surface area contributed by atoms with Gasteiger partial charge in [-0.1, -0.05) is 4.15 Å². The van der Waals surface area contributed by atoms with E-state index in [4.69, 9.17) is 14.0 Å². The molecular formula is C16H12F3NO6S. The molecule has 0 saturated carbocycles. The Morgan fingerprint density at radius 2 is 1.56 bits per heavy atom. The molecule has 11 heteroatoms. The second-order valence-corrected chi connectivity index (χ2v) is 7.11. The minimum atomic E-state index is -4.61. The number of halogens is 3. The highest BCUT2D eigenvalue weighted by Crippen LogP contribution is 2.33. The summed E-state index contributed by atoms with van der Waals surface area (Å²) in [6.45, 7) is 0. The predicted octanol–water partition coefficient (Wildman–Crippen LogP) is 2.87. The van der Waals surface area contributed by atoms with Crippen LogP contribution < -0.4 is 15.1 Å². The molecule has 1 heterocycles. The quantitative estimate of drug-likeness (QED) is 0.666. The van der Waals surface area contributed by atoms with E-state index in [1.54, 1.807) is 0 Å². The first-order chi connectivity index (χ1) is 12.6. The number of rotatable bonds is 4. The Hall–Kier alpha value is -2.95. The Balaban J connectivity index is 2.20. The summed E-state index contributed by atoms with van der Waals surface area (Å²) >= 11 is 0. The summed E-state index contributed by atoms with van der Waals surface area (Å²) in [5.74, 6) is 0.323. The molecule has 0 bridgehead atoms. The molecule has 0 aliphatic heterocycles. The second kappa shape index (κ2) is 6.34. The highest BCUT2D eigenvalue weighted by atomic mass is 32.2. The van der Waals surface area contributed by atoms with Crippen LogP contribution >= 0.6 is 0 Å². The van der Waals surface area contributed by atoms with E-state index in [2.05, 4.69) is 0 Å². The molecular weight excluding hydrogens is 391 g/mol.